The van der Waals surface area contributed by atoms with Crippen molar-refractivity contribution in [2.45, 2.75) is 65.5 Å². The molecule has 2 rings (SSSR count). The zero-order chi connectivity index (χ0) is 16.3. The van der Waals surface area contributed by atoms with Crippen molar-refractivity contribution in [2.75, 3.05) is 19.6 Å². The smallest absolute Gasteiger partial charge is 0.227 e. The molecule has 2 amide bonds. The van der Waals surface area contributed by atoms with Crippen molar-refractivity contribution in [3.05, 3.63) is 0 Å². The van der Waals surface area contributed by atoms with Gasteiger partial charge in [-0.1, -0.05) is 20.8 Å². The minimum Gasteiger partial charge on any atom is -0.353 e. The van der Waals surface area contributed by atoms with Gasteiger partial charge < -0.3 is 15.5 Å². The SMILES string of the molecule is CC1CC(NC(=O)C2CCCN(C(=O)C(C)(C)C)C2)CCN1. The van der Waals surface area contributed by atoms with Crippen molar-refractivity contribution >= 4 is 11.8 Å². The average molecular weight is 309 g/mol. The zero-order valence-corrected chi connectivity index (χ0v) is 14.4. The highest BCUT2D eigenvalue weighted by Gasteiger charge is 2.34. The third kappa shape index (κ3) is 4.45. The molecular weight excluding hydrogens is 278 g/mol. The van der Waals surface area contributed by atoms with Crippen LogP contribution in [0.3, 0.4) is 0 Å². The van der Waals surface area contributed by atoms with Crippen molar-refractivity contribution in [1.82, 2.24) is 15.5 Å². The van der Waals surface area contributed by atoms with Crippen molar-refractivity contribution in [1.29, 1.82) is 0 Å². The fraction of sp³-hybridized carbons (Fsp3) is 0.882. The first kappa shape index (κ1) is 17.3. The maximum absolute atomic E-state index is 12.5. The van der Waals surface area contributed by atoms with Gasteiger partial charge in [-0.3, -0.25) is 9.59 Å². The predicted molar refractivity (Wildman–Crippen MR) is 87.4 cm³/mol. The molecule has 0 spiro atoms. The molecule has 2 saturated heterocycles. The van der Waals surface area contributed by atoms with Gasteiger partial charge in [0.1, 0.15) is 0 Å². The van der Waals surface area contributed by atoms with Crippen LogP contribution in [0.1, 0.15) is 53.4 Å². The Hall–Kier alpha value is -1.10. The fourth-order valence-electron chi connectivity index (χ4n) is 3.43. The highest BCUT2D eigenvalue weighted by Crippen LogP contribution is 2.24. The van der Waals surface area contributed by atoms with Crippen LogP contribution in [0.25, 0.3) is 0 Å². The summed E-state index contributed by atoms with van der Waals surface area (Å²) in [5, 5.41) is 6.60. The van der Waals surface area contributed by atoms with Gasteiger partial charge in [-0.25, -0.2) is 0 Å². The number of likely N-dealkylation sites (tertiary alicyclic amines) is 1. The van der Waals surface area contributed by atoms with E-state index in [4.69, 9.17) is 0 Å². The molecule has 2 heterocycles. The Morgan fingerprint density at radius 1 is 1.23 bits per heavy atom. The second-order valence-electron chi connectivity index (χ2n) is 7.93. The number of rotatable bonds is 2. The van der Waals surface area contributed by atoms with Gasteiger partial charge in [0.15, 0.2) is 0 Å². The summed E-state index contributed by atoms with van der Waals surface area (Å²) in [6, 6.07) is 0.738. The standard InChI is InChI=1S/C17H31N3O2/c1-12-10-14(7-8-18-12)19-15(21)13-6-5-9-20(11-13)16(22)17(2,3)4/h12-14,18H,5-11H2,1-4H3,(H,19,21). The van der Waals surface area contributed by atoms with E-state index in [1.165, 1.54) is 0 Å². The third-order valence-electron chi connectivity index (χ3n) is 4.69. The first-order valence-electron chi connectivity index (χ1n) is 8.60. The molecule has 0 aromatic rings. The van der Waals surface area contributed by atoms with Crippen LogP contribution < -0.4 is 10.6 Å². The first-order valence-corrected chi connectivity index (χ1v) is 8.60. The summed E-state index contributed by atoms with van der Waals surface area (Å²) in [5.41, 5.74) is -0.372. The van der Waals surface area contributed by atoms with Gasteiger partial charge in [0, 0.05) is 30.6 Å². The Bertz CT molecular complexity index is 417. The van der Waals surface area contributed by atoms with E-state index in [0.717, 1.165) is 38.8 Å². The fourth-order valence-corrected chi connectivity index (χ4v) is 3.43. The molecule has 0 radical (unpaired) electrons. The number of nitrogens with one attached hydrogen (secondary N) is 2. The Labute approximate surface area is 134 Å². The van der Waals surface area contributed by atoms with E-state index in [2.05, 4.69) is 17.6 Å². The van der Waals surface area contributed by atoms with Gasteiger partial charge in [0.25, 0.3) is 0 Å². The molecule has 0 aromatic carbocycles. The summed E-state index contributed by atoms with van der Waals surface area (Å²) in [6.45, 7) is 10.3. The first-order chi connectivity index (χ1) is 10.3. The molecule has 3 atom stereocenters. The number of carbonyl (C=O) groups excluding carboxylic acids is 2. The van der Waals surface area contributed by atoms with E-state index in [1.54, 1.807) is 0 Å². The number of hydrogen-bond acceptors (Lipinski definition) is 3. The van der Waals surface area contributed by atoms with Crippen molar-refractivity contribution in [2.24, 2.45) is 11.3 Å². The molecule has 0 saturated carbocycles. The Balaban J connectivity index is 1.88. The second-order valence-corrected chi connectivity index (χ2v) is 7.93. The molecular formula is C17H31N3O2. The monoisotopic (exact) mass is 309 g/mol. The molecule has 5 heteroatoms. The number of carbonyl (C=O) groups is 2. The molecule has 3 unspecified atom stereocenters. The molecule has 0 bridgehead atoms. The van der Waals surface area contributed by atoms with E-state index in [-0.39, 0.29) is 29.2 Å². The van der Waals surface area contributed by atoms with Gasteiger partial charge in [0.05, 0.1) is 5.92 Å². The molecule has 2 fully saturated rings. The van der Waals surface area contributed by atoms with E-state index in [0.29, 0.717) is 12.6 Å². The number of hydrogen-bond donors (Lipinski definition) is 2. The number of amides is 2. The summed E-state index contributed by atoms with van der Waals surface area (Å²) in [6.07, 6.45) is 3.79. The van der Waals surface area contributed by atoms with Crippen molar-refractivity contribution in [3.63, 3.8) is 0 Å². The predicted octanol–water partition coefficient (Wildman–Crippen LogP) is 1.53. The Morgan fingerprint density at radius 3 is 2.59 bits per heavy atom. The number of nitrogens with zero attached hydrogens (tertiary/aromatic N) is 1. The molecule has 2 aliphatic rings. The van der Waals surface area contributed by atoms with Crippen LogP contribution in [0.15, 0.2) is 0 Å². The minimum atomic E-state index is -0.372. The molecule has 0 aliphatic carbocycles. The lowest BCUT2D eigenvalue weighted by Gasteiger charge is -2.37. The summed E-state index contributed by atoms with van der Waals surface area (Å²) in [7, 11) is 0. The molecule has 2 N–H and O–H groups in total. The van der Waals surface area contributed by atoms with Crippen LogP contribution >= 0.6 is 0 Å². The molecule has 22 heavy (non-hydrogen) atoms. The lowest BCUT2D eigenvalue weighted by molar-refractivity contribution is -0.142. The third-order valence-corrected chi connectivity index (χ3v) is 4.69. The van der Waals surface area contributed by atoms with E-state index < -0.39 is 0 Å². The summed E-state index contributed by atoms with van der Waals surface area (Å²) >= 11 is 0. The average Bonchev–Trinajstić information content (AvgIpc) is 2.45. The Morgan fingerprint density at radius 2 is 1.95 bits per heavy atom. The van der Waals surface area contributed by atoms with Crippen molar-refractivity contribution in [3.8, 4) is 0 Å². The van der Waals surface area contributed by atoms with Crippen molar-refractivity contribution < 1.29 is 9.59 Å². The molecule has 2 aliphatic heterocycles. The lowest BCUT2D eigenvalue weighted by Crippen LogP contribution is -2.52. The zero-order valence-electron chi connectivity index (χ0n) is 14.4. The highest BCUT2D eigenvalue weighted by molar-refractivity contribution is 5.84. The van der Waals surface area contributed by atoms with E-state index >= 15 is 0 Å². The van der Waals surface area contributed by atoms with Gasteiger partial charge in [0.2, 0.25) is 11.8 Å². The van der Waals surface area contributed by atoms with Gasteiger partial charge in [-0.2, -0.15) is 0 Å². The largest absolute Gasteiger partial charge is 0.353 e. The van der Waals surface area contributed by atoms with Crippen LogP contribution in [0.4, 0.5) is 0 Å². The topological polar surface area (TPSA) is 61.4 Å². The normalized spacial score (nSPS) is 30.0. The molecule has 5 nitrogen and oxygen atoms in total. The van der Waals surface area contributed by atoms with E-state index in [1.807, 2.05) is 25.7 Å². The maximum Gasteiger partial charge on any atom is 0.227 e. The quantitative estimate of drug-likeness (QED) is 0.813. The van der Waals surface area contributed by atoms with E-state index in [9.17, 15) is 9.59 Å². The van der Waals surface area contributed by atoms with Crippen LogP contribution in [0, 0.1) is 11.3 Å². The molecule has 0 aromatic heterocycles. The van der Waals surface area contributed by atoms with Gasteiger partial charge in [-0.05, 0) is 39.2 Å². The summed E-state index contributed by atoms with van der Waals surface area (Å²) < 4.78 is 0. The highest BCUT2D eigenvalue weighted by atomic mass is 16.2. The second kappa shape index (κ2) is 6.99. The van der Waals surface area contributed by atoms with Crippen LogP contribution in [-0.2, 0) is 9.59 Å². The van der Waals surface area contributed by atoms with Gasteiger partial charge in [-0.15, -0.1) is 0 Å². The minimum absolute atomic E-state index is 0.0507. The van der Waals surface area contributed by atoms with Gasteiger partial charge >= 0.3 is 0 Å². The van der Waals surface area contributed by atoms with Crippen LogP contribution in [-0.4, -0.2) is 48.4 Å². The molecule has 126 valence electrons. The van der Waals surface area contributed by atoms with Crippen LogP contribution in [0.2, 0.25) is 0 Å². The maximum atomic E-state index is 12.5. The van der Waals surface area contributed by atoms with Crippen LogP contribution in [0.5, 0.6) is 0 Å². The number of piperidine rings is 2. The lowest BCUT2D eigenvalue weighted by atomic mass is 9.90. The Kier molecular flexibility index (Phi) is 5.48. The summed E-state index contributed by atoms with van der Waals surface area (Å²) in [4.78, 5) is 26.8. The summed E-state index contributed by atoms with van der Waals surface area (Å²) in [5.74, 6) is 0.233.